The lowest BCUT2D eigenvalue weighted by molar-refractivity contribution is -0.123. The molecule has 11 heteroatoms. The molecule has 0 aromatic heterocycles. The van der Waals surface area contributed by atoms with Crippen LogP contribution >= 0.6 is 46.0 Å². The fraction of sp³-hybridized carbons (Fsp3) is 0.179. The van der Waals surface area contributed by atoms with Gasteiger partial charge in [-0.3, -0.25) is 19.3 Å². The monoisotopic (exact) mass is 678 g/mol. The lowest BCUT2D eigenvalue weighted by atomic mass is 10.2. The molecule has 1 aliphatic heterocycles. The molecule has 1 N–H and O–H groups in total. The Bertz CT molecular complexity index is 1430. The van der Waals surface area contributed by atoms with Gasteiger partial charge in [0.2, 0.25) is 0 Å². The van der Waals surface area contributed by atoms with E-state index in [2.05, 4.69) is 27.9 Å². The number of aryl methyl sites for hydroxylation is 1. The van der Waals surface area contributed by atoms with Gasteiger partial charge in [0.05, 0.1) is 22.1 Å². The van der Waals surface area contributed by atoms with Gasteiger partial charge < -0.3 is 19.5 Å². The van der Waals surface area contributed by atoms with Gasteiger partial charge in [0.25, 0.3) is 17.1 Å². The molecule has 8 nitrogen and oxygen atoms in total. The van der Waals surface area contributed by atoms with Gasteiger partial charge in [-0.15, -0.1) is 0 Å². The van der Waals surface area contributed by atoms with Gasteiger partial charge in [0.15, 0.2) is 18.1 Å². The number of ether oxygens (including phenoxy) is 3. The quantitative estimate of drug-likeness (QED) is 0.196. The highest BCUT2D eigenvalue weighted by atomic mass is 127. The fourth-order valence-corrected chi connectivity index (χ4v) is 5.42. The zero-order valence-electron chi connectivity index (χ0n) is 21.0. The summed E-state index contributed by atoms with van der Waals surface area (Å²) in [6.45, 7) is 2.00. The number of methoxy groups -OCH3 is 1. The average molecular weight is 679 g/mol. The molecule has 3 aromatic carbocycles. The number of anilines is 1. The number of hydrogen-bond donors (Lipinski definition) is 1. The molecule has 202 valence electrons. The minimum absolute atomic E-state index is 0.114. The average Bonchev–Trinajstić information content (AvgIpc) is 3.16. The highest BCUT2D eigenvalue weighted by molar-refractivity contribution is 14.1. The van der Waals surface area contributed by atoms with Crippen molar-refractivity contribution in [1.82, 2.24) is 4.90 Å². The summed E-state index contributed by atoms with van der Waals surface area (Å²) in [7, 11) is 1.49. The van der Waals surface area contributed by atoms with Crippen molar-refractivity contribution < 1.29 is 28.6 Å². The third-order valence-electron chi connectivity index (χ3n) is 5.47. The van der Waals surface area contributed by atoms with Gasteiger partial charge >= 0.3 is 0 Å². The summed E-state index contributed by atoms with van der Waals surface area (Å²) in [4.78, 5) is 39.2. The van der Waals surface area contributed by atoms with E-state index in [4.69, 9.17) is 25.8 Å². The minimum Gasteiger partial charge on any atom is -0.493 e. The highest BCUT2D eigenvalue weighted by Gasteiger charge is 2.35. The van der Waals surface area contributed by atoms with Crippen LogP contribution in [0.4, 0.5) is 10.5 Å². The number of rotatable bonds is 10. The molecule has 0 spiro atoms. The molecule has 1 aliphatic rings. The van der Waals surface area contributed by atoms with Crippen LogP contribution in [0.5, 0.6) is 17.2 Å². The normalized spacial score (nSPS) is 14.1. The topological polar surface area (TPSA) is 94.2 Å². The Kier molecular flexibility index (Phi) is 9.76. The van der Waals surface area contributed by atoms with Crippen LogP contribution in [-0.2, 0) is 9.59 Å². The molecule has 4 rings (SSSR count). The van der Waals surface area contributed by atoms with Crippen LogP contribution in [0.25, 0.3) is 6.08 Å². The summed E-state index contributed by atoms with van der Waals surface area (Å²) in [5, 5.41) is 3.02. The van der Waals surface area contributed by atoms with E-state index in [1.165, 1.54) is 7.11 Å². The SMILES string of the molecule is COc1cc(/C=C2\SC(=O)N(CCOc3ccc(Cl)cc3)C2=O)cc(I)c1OCC(=O)Nc1cccc(C)c1. The van der Waals surface area contributed by atoms with Gasteiger partial charge in [0, 0.05) is 10.7 Å². The van der Waals surface area contributed by atoms with Gasteiger partial charge in [0.1, 0.15) is 12.4 Å². The molecular formula is C28H24ClIN2O6S. The van der Waals surface area contributed by atoms with Crippen LogP contribution in [0.15, 0.2) is 65.6 Å². The first-order valence-electron chi connectivity index (χ1n) is 11.7. The largest absolute Gasteiger partial charge is 0.493 e. The number of nitrogens with zero attached hydrogens (tertiary/aromatic N) is 1. The van der Waals surface area contributed by atoms with E-state index in [0.29, 0.717) is 37.1 Å². The van der Waals surface area contributed by atoms with Crippen LogP contribution in [-0.4, -0.2) is 48.8 Å². The number of halogens is 2. The van der Waals surface area contributed by atoms with Crippen LogP contribution in [0.1, 0.15) is 11.1 Å². The predicted molar refractivity (Wildman–Crippen MR) is 161 cm³/mol. The van der Waals surface area contributed by atoms with Crippen molar-refractivity contribution in [1.29, 1.82) is 0 Å². The molecule has 0 bridgehead atoms. The molecule has 0 aliphatic carbocycles. The smallest absolute Gasteiger partial charge is 0.293 e. The van der Waals surface area contributed by atoms with E-state index in [1.54, 1.807) is 48.5 Å². The molecular weight excluding hydrogens is 655 g/mol. The van der Waals surface area contributed by atoms with Gasteiger partial charge in [-0.25, -0.2) is 0 Å². The lowest BCUT2D eigenvalue weighted by Gasteiger charge is -2.14. The summed E-state index contributed by atoms with van der Waals surface area (Å²) in [6.07, 6.45) is 1.63. The van der Waals surface area contributed by atoms with E-state index in [0.717, 1.165) is 22.2 Å². The van der Waals surface area contributed by atoms with E-state index in [1.807, 2.05) is 25.1 Å². The van der Waals surface area contributed by atoms with Crippen molar-refractivity contribution in [2.45, 2.75) is 6.92 Å². The van der Waals surface area contributed by atoms with Crippen molar-refractivity contribution in [3.63, 3.8) is 0 Å². The molecule has 0 atom stereocenters. The van der Waals surface area contributed by atoms with Crippen molar-refractivity contribution in [2.24, 2.45) is 0 Å². The predicted octanol–water partition coefficient (Wildman–Crippen LogP) is 6.39. The molecule has 0 radical (unpaired) electrons. The molecule has 0 saturated carbocycles. The number of imide groups is 1. The number of nitrogens with one attached hydrogen (secondary N) is 1. The molecule has 0 unspecified atom stereocenters. The highest BCUT2D eigenvalue weighted by Crippen LogP contribution is 2.37. The first-order chi connectivity index (χ1) is 18.7. The maximum atomic E-state index is 12.9. The van der Waals surface area contributed by atoms with Crippen LogP contribution < -0.4 is 19.5 Å². The Hall–Kier alpha value is -3.22. The number of carbonyl (C=O) groups excluding carboxylic acids is 3. The van der Waals surface area contributed by atoms with E-state index < -0.39 is 5.91 Å². The Balaban J connectivity index is 1.39. The summed E-state index contributed by atoms with van der Waals surface area (Å²) in [5.74, 6) is 0.691. The molecule has 39 heavy (non-hydrogen) atoms. The first-order valence-corrected chi connectivity index (χ1v) is 14.0. The van der Waals surface area contributed by atoms with E-state index in [9.17, 15) is 14.4 Å². The Morgan fingerprint density at radius 1 is 1.10 bits per heavy atom. The summed E-state index contributed by atoms with van der Waals surface area (Å²) < 4.78 is 17.5. The lowest BCUT2D eigenvalue weighted by Crippen LogP contribution is -2.32. The number of thioether (sulfide) groups is 1. The Morgan fingerprint density at radius 3 is 2.59 bits per heavy atom. The second kappa shape index (κ2) is 13.2. The molecule has 1 fully saturated rings. The summed E-state index contributed by atoms with van der Waals surface area (Å²) in [5.41, 5.74) is 2.37. The third kappa shape index (κ3) is 7.68. The summed E-state index contributed by atoms with van der Waals surface area (Å²) in [6, 6.07) is 17.8. The molecule has 1 saturated heterocycles. The number of carbonyl (C=O) groups is 3. The molecule has 1 heterocycles. The number of amides is 3. The van der Waals surface area contributed by atoms with E-state index in [-0.39, 0.29) is 35.8 Å². The first kappa shape index (κ1) is 28.8. The van der Waals surface area contributed by atoms with Gasteiger partial charge in [-0.05, 0) is 107 Å². The van der Waals surface area contributed by atoms with Crippen molar-refractivity contribution in [3.8, 4) is 17.2 Å². The maximum absolute atomic E-state index is 12.9. The zero-order valence-corrected chi connectivity index (χ0v) is 24.8. The standard InChI is InChI=1S/C28H24ClIN2O6S/c1-17-4-3-5-20(12-17)31-25(33)16-38-26-22(30)13-18(14-23(26)36-2)15-24-27(34)32(28(35)39-24)10-11-37-21-8-6-19(29)7-9-21/h3-9,12-15H,10-11,16H2,1-2H3,(H,31,33)/b24-15-. The second-order valence-corrected chi connectivity index (χ2v) is 11.0. The van der Waals surface area contributed by atoms with E-state index >= 15 is 0 Å². The summed E-state index contributed by atoms with van der Waals surface area (Å²) >= 11 is 8.81. The third-order valence-corrected chi connectivity index (χ3v) is 7.43. The van der Waals surface area contributed by atoms with Crippen molar-refractivity contribution in [3.05, 3.63) is 85.3 Å². The van der Waals surface area contributed by atoms with Gasteiger partial charge in [-0.1, -0.05) is 23.7 Å². The van der Waals surface area contributed by atoms with Crippen molar-refractivity contribution >= 4 is 74.8 Å². The molecule has 3 amide bonds. The Morgan fingerprint density at radius 2 is 1.87 bits per heavy atom. The minimum atomic E-state index is -0.396. The van der Waals surface area contributed by atoms with Crippen LogP contribution in [0.2, 0.25) is 5.02 Å². The fourth-order valence-electron chi connectivity index (χ4n) is 3.65. The van der Waals surface area contributed by atoms with Crippen molar-refractivity contribution in [2.75, 3.05) is 32.2 Å². The Labute approximate surface area is 248 Å². The maximum Gasteiger partial charge on any atom is 0.293 e. The number of benzene rings is 3. The van der Waals surface area contributed by atoms with Crippen LogP contribution in [0.3, 0.4) is 0 Å². The van der Waals surface area contributed by atoms with Gasteiger partial charge in [-0.2, -0.15) is 0 Å². The second-order valence-electron chi connectivity index (χ2n) is 8.38. The van der Waals surface area contributed by atoms with Crippen LogP contribution in [0, 0.1) is 10.5 Å². The number of hydrogen-bond acceptors (Lipinski definition) is 7. The zero-order chi connectivity index (χ0) is 27.9. The molecule has 3 aromatic rings.